The van der Waals surface area contributed by atoms with Gasteiger partial charge in [-0.05, 0) is 25.8 Å². The van der Waals surface area contributed by atoms with Crippen molar-refractivity contribution in [3.05, 3.63) is 0 Å². The van der Waals surface area contributed by atoms with Gasteiger partial charge in [0, 0.05) is 12.0 Å². The zero-order valence-corrected chi connectivity index (χ0v) is 8.63. The zero-order chi connectivity index (χ0) is 9.14. The summed E-state index contributed by atoms with van der Waals surface area (Å²) in [5, 5.41) is 3.32. The van der Waals surface area contributed by atoms with Crippen LogP contribution in [0, 0.1) is 5.92 Å². The molecule has 3 atom stereocenters. The summed E-state index contributed by atoms with van der Waals surface area (Å²) in [6.45, 7) is 4.50. The Labute approximate surface area is 76.5 Å². The molecule has 0 aromatic rings. The van der Waals surface area contributed by atoms with E-state index in [0.717, 1.165) is 12.3 Å². The molecule has 1 heterocycles. The summed E-state index contributed by atoms with van der Waals surface area (Å²) in [6, 6.07) is 1.01. The molecular formula is C9H20BNO. The van der Waals surface area contributed by atoms with Crippen LogP contribution >= 0.6 is 0 Å². The predicted octanol–water partition coefficient (Wildman–Crippen LogP) is 0.369. The molecule has 12 heavy (non-hydrogen) atoms. The van der Waals surface area contributed by atoms with E-state index in [-0.39, 0.29) is 0 Å². The summed E-state index contributed by atoms with van der Waals surface area (Å²) in [5.41, 5.74) is 0. The summed E-state index contributed by atoms with van der Waals surface area (Å²) in [5.74, 6) is 0.733. The second kappa shape index (κ2) is 4.29. The van der Waals surface area contributed by atoms with Gasteiger partial charge >= 0.3 is 0 Å². The molecule has 1 fully saturated rings. The normalized spacial score (nSPS) is 36.2. The van der Waals surface area contributed by atoms with Crippen LogP contribution in [0.2, 0.25) is 0 Å². The fraction of sp³-hybridized carbons (Fsp3) is 1.00. The van der Waals surface area contributed by atoms with Crippen LogP contribution < -0.4 is 5.32 Å². The van der Waals surface area contributed by atoms with Crippen LogP contribution in [0.3, 0.4) is 0 Å². The molecule has 0 amide bonds. The Bertz CT molecular complexity index is 140. The van der Waals surface area contributed by atoms with Crippen LogP contribution in [0.15, 0.2) is 0 Å². The first-order chi connectivity index (χ1) is 5.63. The van der Waals surface area contributed by atoms with Gasteiger partial charge in [-0.1, -0.05) is 13.8 Å². The monoisotopic (exact) mass is 169 g/mol. The average Bonchev–Trinajstić information content (AvgIpc) is 2.29. The summed E-state index contributed by atoms with van der Waals surface area (Å²) in [7, 11) is 4.18. The number of ether oxygens (including phenoxy) is 1. The Kier molecular flexibility index (Phi) is 3.60. The van der Waals surface area contributed by atoms with Crippen molar-refractivity contribution >= 4 is 7.85 Å². The number of likely N-dealkylation sites (N-methyl/N-ethyl adjacent to an activating group) is 1. The van der Waals surface area contributed by atoms with Gasteiger partial charge < -0.3 is 10.1 Å². The lowest BCUT2D eigenvalue weighted by Gasteiger charge is -2.19. The van der Waals surface area contributed by atoms with Crippen molar-refractivity contribution in [1.29, 1.82) is 0 Å². The van der Waals surface area contributed by atoms with Crippen LogP contribution in [0.1, 0.15) is 26.7 Å². The van der Waals surface area contributed by atoms with E-state index in [1.54, 1.807) is 0 Å². The molecule has 1 aliphatic heterocycles. The third-order valence-corrected chi connectivity index (χ3v) is 2.52. The first kappa shape index (κ1) is 10.1. The minimum Gasteiger partial charge on any atom is -0.382 e. The van der Waals surface area contributed by atoms with E-state index < -0.39 is 0 Å². The highest BCUT2D eigenvalue weighted by atomic mass is 16.5. The Morgan fingerprint density at radius 2 is 2.25 bits per heavy atom. The second-order valence-corrected chi connectivity index (χ2v) is 4.25. The fourth-order valence-corrected chi connectivity index (χ4v) is 1.95. The Morgan fingerprint density at radius 1 is 1.58 bits per heavy atom. The van der Waals surface area contributed by atoms with Crippen LogP contribution in [0.5, 0.6) is 0 Å². The third-order valence-electron chi connectivity index (χ3n) is 2.52. The maximum absolute atomic E-state index is 5.81. The maximum atomic E-state index is 5.81. The number of hydrogen-bond acceptors (Lipinski definition) is 2. The van der Waals surface area contributed by atoms with Gasteiger partial charge in [0.15, 0.2) is 0 Å². The van der Waals surface area contributed by atoms with E-state index in [4.69, 9.17) is 4.74 Å². The number of rotatable bonds is 3. The summed E-state index contributed by atoms with van der Waals surface area (Å²) < 4.78 is 5.81. The summed E-state index contributed by atoms with van der Waals surface area (Å²) in [6.07, 6.45) is 2.77. The number of nitrogens with one attached hydrogen (secondary N) is 1. The van der Waals surface area contributed by atoms with Crippen molar-refractivity contribution in [2.75, 3.05) is 7.05 Å². The SMILES string of the molecule is B[C@H]1CC(NC)[C@@H](CC(C)C)O1. The molecule has 70 valence electrons. The van der Waals surface area contributed by atoms with E-state index in [2.05, 4.69) is 27.0 Å². The van der Waals surface area contributed by atoms with E-state index in [1.165, 1.54) is 6.42 Å². The van der Waals surface area contributed by atoms with Crippen molar-refractivity contribution in [2.45, 2.75) is 44.8 Å². The van der Waals surface area contributed by atoms with Crippen molar-refractivity contribution in [1.82, 2.24) is 5.32 Å². The van der Waals surface area contributed by atoms with Crippen LogP contribution in [0.25, 0.3) is 0 Å². The van der Waals surface area contributed by atoms with Gasteiger partial charge in [0.05, 0.1) is 6.10 Å². The minimum atomic E-state index is 0.435. The summed E-state index contributed by atoms with van der Waals surface area (Å²) in [4.78, 5) is 0. The topological polar surface area (TPSA) is 21.3 Å². The molecule has 0 aliphatic carbocycles. The lowest BCUT2D eigenvalue weighted by atomic mass is 9.93. The largest absolute Gasteiger partial charge is 0.382 e. The van der Waals surface area contributed by atoms with Gasteiger partial charge in [0.25, 0.3) is 0 Å². The predicted molar refractivity (Wildman–Crippen MR) is 54.1 cm³/mol. The van der Waals surface area contributed by atoms with Gasteiger partial charge in [0.2, 0.25) is 0 Å². The van der Waals surface area contributed by atoms with Crippen molar-refractivity contribution in [3.63, 3.8) is 0 Å². The van der Waals surface area contributed by atoms with Crippen LogP contribution in [0.4, 0.5) is 0 Å². The lowest BCUT2D eigenvalue weighted by molar-refractivity contribution is 0.0640. The molecule has 1 aliphatic rings. The zero-order valence-electron chi connectivity index (χ0n) is 8.63. The molecular weight excluding hydrogens is 149 g/mol. The highest BCUT2D eigenvalue weighted by Crippen LogP contribution is 2.23. The quantitative estimate of drug-likeness (QED) is 0.616. The van der Waals surface area contributed by atoms with Gasteiger partial charge in [-0.25, -0.2) is 0 Å². The lowest BCUT2D eigenvalue weighted by Crippen LogP contribution is -2.34. The average molecular weight is 169 g/mol. The van der Waals surface area contributed by atoms with Gasteiger partial charge in [0.1, 0.15) is 7.85 Å². The van der Waals surface area contributed by atoms with Crippen LogP contribution in [-0.2, 0) is 4.74 Å². The molecule has 1 saturated heterocycles. The molecule has 0 bridgehead atoms. The Morgan fingerprint density at radius 3 is 2.75 bits per heavy atom. The van der Waals surface area contributed by atoms with E-state index in [9.17, 15) is 0 Å². The molecule has 3 heteroatoms. The summed E-state index contributed by atoms with van der Waals surface area (Å²) >= 11 is 0. The first-order valence-corrected chi connectivity index (χ1v) is 4.96. The van der Waals surface area contributed by atoms with E-state index in [1.807, 2.05) is 7.05 Å². The maximum Gasteiger partial charge on any atom is 0.139 e. The fourth-order valence-electron chi connectivity index (χ4n) is 1.95. The first-order valence-electron chi connectivity index (χ1n) is 4.96. The second-order valence-electron chi connectivity index (χ2n) is 4.25. The molecule has 2 nitrogen and oxygen atoms in total. The van der Waals surface area contributed by atoms with Crippen molar-refractivity contribution in [2.24, 2.45) is 5.92 Å². The molecule has 0 spiro atoms. The Balaban J connectivity index is 2.40. The molecule has 0 radical (unpaired) electrons. The van der Waals surface area contributed by atoms with E-state index >= 15 is 0 Å². The van der Waals surface area contributed by atoms with Gasteiger partial charge in [-0.2, -0.15) is 0 Å². The van der Waals surface area contributed by atoms with Gasteiger partial charge in [-0.15, -0.1) is 0 Å². The highest BCUT2D eigenvalue weighted by Gasteiger charge is 2.31. The standard InChI is InChI=1S/C9H20BNO/c1-6(2)4-8-7(11-3)5-9(10)12-8/h6-9,11H,4-5,10H2,1-3H3/t7?,8-,9-/m1/s1. The van der Waals surface area contributed by atoms with Crippen LogP contribution in [-0.4, -0.2) is 33.0 Å². The molecule has 1 unspecified atom stereocenters. The molecule has 0 aromatic heterocycles. The molecule has 1 rings (SSSR count). The number of hydrogen-bond donors (Lipinski definition) is 1. The highest BCUT2D eigenvalue weighted by molar-refractivity contribution is 6.11. The Hall–Kier alpha value is -0.0151. The third kappa shape index (κ3) is 2.49. The van der Waals surface area contributed by atoms with E-state index in [0.29, 0.717) is 18.1 Å². The van der Waals surface area contributed by atoms with Gasteiger partial charge in [-0.3, -0.25) is 0 Å². The smallest absolute Gasteiger partial charge is 0.139 e. The van der Waals surface area contributed by atoms with Crippen molar-refractivity contribution < 1.29 is 4.74 Å². The molecule has 0 saturated carbocycles. The minimum absolute atomic E-state index is 0.435. The van der Waals surface area contributed by atoms with Crippen molar-refractivity contribution in [3.8, 4) is 0 Å². The molecule has 0 aromatic carbocycles. The molecule has 1 N–H and O–H groups in total.